The Labute approximate surface area is 246 Å². The highest BCUT2D eigenvalue weighted by Gasteiger charge is 2.23. The van der Waals surface area contributed by atoms with Crippen molar-refractivity contribution in [2.75, 3.05) is 51.5 Å². The number of benzene rings is 2. The molecule has 3 aromatic rings. The maximum atomic E-state index is 13.0. The van der Waals surface area contributed by atoms with E-state index >= 15 is 0 Å². The predicted molar refractivity (Wildman–Crippen MR) is 161 cm³/mol. The van der Waals surface area contributed by atoms with Gasteiger partial charge in [-0.05, 0) is 82.7 Å². The molecule has 0 spiro atoms. The lowest BCUT2D eigenvalue weighted by Gasteiger charge is -2.21. The van der Waals surface area contributed by atoms with E-state index in [0.29, 0.717) is 41.5 Å². The van der Waals surface area contributed by atoms with Crippen molar-refractivity contribution >= 4 is 46.6 Å². The van der Waals surface area contributed by atoms with Crippen LogP contribution in [-0.4, -0.2) is 78.6 Å². The number of rotatable bonds is 11. The minimum Gasteiger partial charge on any atom is -0.495 e. The van der Waals surface area contributed by atoms with E-state index in [0.717, 1.165) is 37.1 Å². The van der Waals surface area contributed by atoms with Crippen LogP contribution in [0.1, 0.15) is 41.8 Å². The zero-order valence-electron chi connectivity index (χ0n) is 24.2. The van der Waals surface area contributed by atoms with Gasteiger partial charge in [0.15, 0.2) is 5.82 Å². The predicted octanol–water partition coefficient (Wildman–Crippen LogP) is 5.07. The van der Waals surface area contributed by atoms with Crippen molar-refractivity contribution in [1.82, 2.24) is 19.8 Å². The van der Waals surface area contributed by atoms with Gasteiger partial charge in [-0.1, -0.05) is 23.7 Å². The summed E-state index contributed by atoms with van der Waals surface area (Å²) >= 11 is 6.42. The molecule has 0 radical (unpaired) electrons. The third kappa shape index (κ3) is 7.86. The van der Waals surface area contributed by atoms with Crippen LogP contribution in [0.4, 0.5) is 23.1 Å². The van der Waals surface area contributed by atoms with Crippen molar-refractivity contribution < 1.29 is 19.1 Å². The van der Waals surface area contributed by atoms with Crippen LogP contribution in [0.15, 0.2) is 42.6 Å². The molecule has 0 saturated carbocycles. The maximum absolute atomic E-state index is 13.0. The molecule has 2 aromatic carbocycles. The molecule has 0 bridgehead atoms. The highest BCUT2D eigenvalue weighted by molar-refractivity contribution is 6.33. The van der Waals surface area contributed by atoms with Crippen LogP contribution in [-0.2, 0) is 22.4 Å². The molecule has 1 amide bonds. The molecular weight excluding hydrogens is 544 g/mol. The first-order chi connectivity index (χ1) is 19.6. The third-order valence-corrected chi connectivity index (χ3v) is 6.91. The fourth-order valence-electron chi connectivity index (χ4n) is 4.61. The molecule has 1 aliphatic rings. The zero-order valence-corrected chi connectivity index (χ0v) is 24.9. The first-order valence-electron chi connectivity index (χ1n) is 13.6. The summed E-state index contributed by atoms with van der Waals surface area (Å²) in [6, 6.07) is 10.9. The summed E-state index contributed by atoms with van der Waals surface area (Å²) in [7, 11) is 5.65. The number of nitrogens with one attached hydrogen (secondary N) is 2. The van der Waals surface area contributed by atoms with E-state index < -0.39 is 5.97 Å². The van der Waals surface area contributed by atoms with E-state index in [-0.39, 0.29) is 23.0 Å². The second-order valence-corrected chi connectivity index (χ2v) is 10.8. The number of nitrogens with zero attached hydrogens (tertiary/aromatic N) is 4. The highest BCUT2D eigenvalue weighted by atomic mass is 35.5. The SMILES string of the molecule is COc1cc2c(cc1Nc1ncc(Cl)c(Nc3ccccc3C(=O)OC(C)C)n1)CCN(CCCN(C)C)C(=O)C2. The number of hydrogen-bond donors (Lipinski definition) is 2. The Balaban J connectivity index is 1.54. The van der Waals surface area contributed by atoms with E-state index in [1.54, 1.807) is 45.2 Å². The molecule has 218 valence electrons. The summed E-state index contributed by atoms with van der Waals surface area (Å²) in [5.74, 6) is 0.858. The molecule has 10 nitrogen and oxygen atoms in total. The molecule has 0 unspecified atom stereocenters. The second-order valence-electron chi connectivity index (χ2n) is 10.4. The van der Waals surface area contributed by atoms with Gasteiger partial charge in [-0.2, -0.15) is 4.98 Å². The van der Waals surface area contributed by atoms with Crippen molar-refractivity contribution in [2.45, 2.75) is 39.2 Å². The van der Waals surface area contributed by atoms with Gasteiger partial charge in [0.25, 0.3) is 0 Å². The number of esters is 1. The molecule has 0 atom stereocenters. The maximum Gasteiger partial charge on any atom is 0.340 e. The van der Waals surface area contributed by atoms with Crippen LogP contribution in [0.25, 0.3) is 0 Å². The number of carbonyl (C=O) groups is 2. The third-order valence-electron chi connectivity index (χ3n) is 6.63. The quantitative estimate of drug-likeness (QED) is 0.300. The largest absolute Gasteiger partial charge is 0.495 e. The van der Waals surface area contributed by atoms with Gasteiger partial charge in [0.1, 0.15) is 10.8 Å². The van der Waals surface area contributed by atoms with E-state index in [4.69, 9.17) is 21.1 Å². The van der Waals surface area contributed by atoms with E-state index in [1.165, 1.54) is 6.20 Å². The molecule has 2 N–H and O–H groups in total. The van der Waals surface area contributed by atoms with Crippen molar-refractivity contribution in [3.63, 3.8) is 0 Å². The molecule has 1 aliphatic heterocycles. The number of carbonyl (C=O) groups excluding carboxylic acids is 2. The fourth-order valence-corrected chi connectivity index (χ4v) is 4.75. The molecule has 0 fully saturated rings. The molecule has 2 heterocycles. The minimum absolute atomic E-state index is 0.125. The van der Waals surface area contributed by atoms with Gasteiger partial charge >= 0.3 is 5.97 Å². The minimum atomic E-state index is -0.448. The van der Waals surface area contributed by atoms with Gasteiger partial charge in [0.2, 0.25) is 11.9 Å². The van der Waals surface area contributed by atoms with Gasteiger partial charge in [-0.15, -0.1) is 0 Å². The molecular formula is C30H37ClN6O4. The molecule has 0 saturated heterocycles. The molecule has 41 heavy (non-hydrogen) atoms. The first kappa shape index (κ1) is 30.1. The molecule has 1 aromatic heterocycles. The normalized spacial score (nSPS) is 13.2. The summed E-state index contributed by atoms with van der Waals surface area (Å²) in [5.41, 5.74) is 3.57. The van der Waals surface area contributed by atoms with E-state index in [2.05, 4.69) is 25.5 Å². The average Bonchev–Trinajstić information content (AvgIpc) is 3.07. The number of amides is 1. The van der Waals surface area contributed by atoms with Crippen LogP contribution in [0.2, 0.25) is 5.02 Å². The lowest BCUT2D eigenvalue weighted by atomic mass is 10.0. The first-order valence-corrected chi connectivity index (χ1v) is 14.0. The van der Waals surface area contributed by atoms with E-state index in [1.807, 2.05) is 31.1 Å². The molecule has 0 aliphatic carbocycles. The summed E-state index contributed by atoms with van der Waals surface area (Å²) < 4.78 is 11.0. The Kier molecular flexibility index (Phi) is 10.0. The van der Waals surface area contributed by atoms with Gasteiger partial charge in [-0.25, -0.2) is 9.78 Å². The standard InChI is InChI=1S/C30H37ClN6O4/c1-19(2)41-29(39)22-9-6-7-10-24(22)33-28-23(31)18-32-30(35-28)34-25-15-20-11-14-37(13-8-12-36(3)4)27(38)17-21(20)16-26(25)40-5/h6-7,9-10,15-16,18-19H,8,11-14,17H2,1-5H3,(H2,32,33,34,35). The van der Waals surface area contributed by atoms with Crippen LogP contribution in [0.3, 0.4) is 0 Å². The van der Waals surface area contributed by atoms with Crippen molar-refractivity contribution in [3.8, 4) is 5.75 Å². The number of para-hydroxylation sites is 1. The number of methoxy groups -OCH3 is 1. The Bertz CT molecular complexity index is 1400. The Morgan fingerprint density at radius 2 is 1.93 bits per heavy atom. The highest BCUT2D eigenvalue weighted by Crippen LogP contribution is 2.33. The number of hydrogen-bond acceptors (Lipinski definition) is 9. The molecule has 11 heteroatoms. The Hall–Kier alpha value is -3.89. The Morgan fingerprint density at radius 1 is 1.15 bits per heavy atom. The van der Waals surface area contributed by atoms with Gasteiger partial charge in [-0.3, -0.25) is 4.79 Å². The number of fused-ring (bicyclic) bond motifs is 1. The summed E-state index contributed by atoms with van der Waals surface area (Å²) in [6.45, 7) is 5.92. The van der Waals surface area contributed by atoms with Gasteiger partial charge in [0, 0.05) is 13.1 Å². The number of ether oxygens (including phenoxy) is 2. The van der Waals surface area contributed by atoms with Gasteiger partial charge < -0.3 is 29.9 Å². The van der Waals surface area contributed by atoms with Crippen LogP contribution < -0.4 is 15.4 Å². The molecule has 4 rings (SSSR count). The fraction of sp³-hybridized carbons (Fsp3) is 0.400. The summed E-state index contributed by atoms with van der Waals surface area (Å²) in [6.07, 6.45) is 3.22. The van der Waals surface area contributed by atoms with Crippen LogP contribution in [0.5, 0.6) is 5.75 Å². The zero-order chi connectivity index (χ0) is 29.5. The number of halogens is 1. The Morgan fingerprint density at radius 3 is 2.66 bits per heavy atom. The van der Waals surface area contributed by atoms with Crippen LogP contribution >= 0.6 is 11.6 Å². The van der Waals surface area contributed by atoms with E-state index in [9.17, 15) is 9.59 Å². The average molecular weight is 581 g/mol. The van der Waals surface area contributed by atoms with Gasteiger partial charge in [0.05, 0.1) is 42.8 Å². The topological polar surface area (TPSA) is 109 Å². The lowest BCUT2D eigenvalue weighted by Crippen LogP contribution is -2.34. The second kappa shape index (κ2) is 13.6. The van der Waals surface area contributed by atoms with Crippen LogP contribution in [0, 0.1) is 0 Å². The summed E-state index contributed by atoms with van der Waals surface area (Å²) in [4.78, 5) is 38.5. The smallest absolute Gasteiger partial charge is 0.340 e. The number of anilines is 4. The van der Waals surface area contributed by atoms with Crippen molar-refractivity contribution in [2.24, 2.45) is 0 Å². The monoisotopic (exact) mass is 580 g/mol. The van der Waals surface area contributed by atoms with Crippen molar-refractivity contribution in [3.05, 3.63) is 64.3 Å². The summed E-state index contributed by atoms with van der Waals surface area (Å²) in [5, 5.41) is 6.66. The van der Waals surface area contributed by atoms with Crippen molar-refractivity contribution in [1.29, 1.82) is 0 Å². The lowest BCUT2D eigenvalue weighted by molar-refractivity contribution is -0.130. The number of aromatic nitrogens is 2.